The van der Waals surface area contributed by atoms with Crippen molar-refractivity contribution in [3.8, 4) is 0 Å². The Bertz CT molecular complexity index is 1010. The smallest absolute Gasteiger partial charge is 0.310 e. The number of benzene rings is 1. The topological polar surface area (TPSA) is 107 Å². The van der Waals surface area contributed by atoms with E-state index in [1.807, 2.05) is 13.0 Å². The van der Waals surface area contributed by atoms with Crippen LogP contribution in [0.25, 0.3) is 0 Å². The Morgan fingerprint density at radius 1 is 1.42 bits per heavy atom. The van der Waals surface area contributed by atoms with Gasteiger partial charge in [0.1, 0.15) is 11.6 Å². The molecular weight excluding hydrogens is 448 g/mol. The zero-order chi connectivity index (χ0) is 24.3. The zero-order valence-electron chi connectivity index (χ0n) is 19.0. The second kappa shape index (κ2) is 8.11. The summed E-state index contributed by atoms with van der Waals surface area (Å²) in [5, 5.41) is 20.3. The van der Waals surface area contributed by atoms with Crippen LogP contribution in [0.15, 0.2) is 30.9 Å². The van der Waals surface area contributed by atoms with Gasteiger partial charge in [0.2, 0.25) is 5.91 Å². The number of carboxylic acid groups (broad SMARTS) is 1. The van der Waals surface area contributed by atoms with Gasteiger partial charge in [0.25, 0.3) is 5.91 Å². The van der Waals surface area contributed by atoms with Gasteiger partial charge in [0.15, 0.2) is 0 Å². The maximum Gasteiger partial charge on any atom is 0.310 e. The summed E-state index contributed by atoms with van der Waals surface area (Å²) in [7, 11) is 0. The molecule has 1 aromatic rings. The lowest BCUT2D eigenvalue weighted by molar-refractivity contribution is -0.155. The molecule has 3 heterocycles. The number of nitrogens with zero attached hydrogens (tertiary/aromatic N) is 2. The van der Waals surface area contributed by atoms with Crippen molar-refractivity contribution in [2.75, 3.05) is 18.1 Å². The van der Waals surface area contributed by atoms with Crippen LogP contribution in [-0.4, -0.2) is 69.3 Å². The number of carboxylic acids is 1. The lowest BCUT2D eigenvalue weighted by Gasteiger charge is -2.39. The van der Waals surface area contributed by atoms with Crippen molar-refractivity contribution in [2.45, 2.75) is 56.9 Å². The van der Waals surface area contributed by atoms with E-state index in [9.17, 15) is 24.6 Å². The Hall–Kier alpha value is -2.42. The van der Waals surface area contributed by atoms with E-state index in [1.54, 1.807) is 32.1 Å². The van der Waals surface area contributed by atoms with Gasteiger partial charge in [-0.05, 0) is 45.2 Å². The van der Waals surface area contributed by atoms with Crippen molar-refractivity contribution in [1.29, 1.82) is 0 Å². The fraction of sp³-hybridized carbons (Fsp3) is 0.542. The highest BCUT2D eigenvalue weighted by Gasteiger charge is 2.78. The summed E-state index contributed by atoms with van der Waals surface area (Å²) in [6.45, 7) is 8.70. The predicted molar refractivity (Wildman–Crippen MR) is 122 cm³/mol. The number of amides is 2. The Kier molecular flexibility index (Phi) is 5.83. The second-order valence-corrected chi connectivity index (χ2v) is 9.89. The number of aliphatic hydroxyl groups excluding tert-OH is 1. The van der Waals surface area contributed by atoms with E-state index >= 15 is 0 Å². The molecule has 0 saturated carbocycles. The standard InChI is InChI=1S/C24H29ClN2O6/c1-5-11-26(18-13(2)7-6-8-15(18)25)21(30)19-24-10-9-23(4,33-24)17(22(31)32)16(24)20(29)27(19)14(3)12-28/h5-8,14,16-17,19,28H,1,9-12H2,2-4H3,(H,31,32)/t14-,16+,17-,19?,23+,24?/m1/s1. The maximum atomic E-state index is 14.2. The highest BCUT2D eigenvalue weighted by molar-refractivity contribution is 6.34. The van der Waals surface area contributed by atoms with Crippen LogP contribution in [0.1, 0.15) is 32.3 Å². The fourth-order valence-electron chi connectivity index (χ4n) is 6.11. The maximum absolute atomic E-state index is 14.2. The monoisotopic (exact) mass is 476 g/mol. The first-order chi connectivity index (χ1) is 15.5. The van der Waals surface area contributed by atoms with Gasteiger partial charge in [-0.1, -0.05) is 29.8 Å². The van der Waals surface area contributed by atoms with Gasteiger partial charge in [0, 0.05) is 6.54 Å². The van der Waals surface area contributed by atoms with Crippen LogP contribution >= 0.6 is 11.6 Å². The number of likely N-dealkylation sites (tertiary alicyclic amines) is 1. The molecule has 3 fully saturated rings. The lowest BCUT2D eigenvalue weighted by Crippen LogP contribution is -2.58. The Morgan fingerprint density at radius 2 is 2.12 bits per heavy atom. The highest BCUT2D eigenvalue weighted by atomic mass is 35.5. The molecule has 178 valence electrons. The van der Waals surface area contributed by atoms with Crippen LogP contribution in [0, 0.1) is 18.8 Å². The number of para-hydroxylation sites is 1. The summed E-state index contributed by atoms with van der Waals surface area (Å²) in [5.74, 6) is -4.10. The first-order valence-corrected chi connectivity index (χ1v) is 11.4. The molecule has 3 aliphatic heterocycles. The van der Waals surface area contributed by atoms with Crippen LogP contribution in [-0.2, 0) is 19.1 Å². The Balaban J connectivity index is 1.88. The molecule has 8 nitrogen and oxygen atoms in total. The Labute approximate surface area is 197 Å². The van der Waals surface area contributed by atoms with E-state index in [0.29, 0.717) is 23.6 Å². The summed E-state index contributed by atoms with van der Waals surface area (Å²) in [4.78, 5) is 42.9. The Morgan fingerprint density at radius 3 is 2.70 bits per heavy atom. The molecular formula is C24H29ClN2O6. The third-order valence-corrected chi connectivity index (χ3v) is 7.79. The molecule has 2 unspecified atom stereocenters. The molecule has 3 aliphatic rings. The van der Waals surface area contributed by atoms with E-state index in [1.165, 1.54) is 9.80 Å². The third kappa shape index (κ3) is 3.22. The van der Waals surface area contributed by atoms with Gasteiger partial charge in [0.05, 0.1) is 40.8 Å². The largest absolute Gasteiger partial charge is 0.481 e. The summed E-state index contributed by atoms with van der Waals surface area (Å²) >= 11 is 6.48. The number of anilines is 1. The van der Waals surface area contributed by atoms with E-state index in [0.717, 1.165) is 5.56 Å². The van der Waals surface area contributed by atoms with Gasteiger partial charge < -0.3 is 24.7 Å². The molecule has 33 heavy (non-hydrogen) atoms. The molecule has 9 heteroatoms. The molecule has 2 bridgehead atoms. The van der Waals surface area contributed by atoms with Crippen molar-refractivity contribution >= 4 is 35.1 Å². The SMILES string of the molecule is C=CCN(C(=O)C1N([C@H](C)CO)C(=O)[C@@H]2[C@H](C(=O)O)[C@]3(C)CCC12O3)c1c(C)cccc1Cl. The first-order valence-electron chi connectivity index (χ1n) is 11.1. The molecule has 0 radical (unpaired) electrons. The number of aryl methyl sites for hydroxylation is 1. The van der Waals surface area contributed by atoms with Crippen molar-refractivity contribution in [3.63, 3.8) is 0 Å². The van der Waals surface area contributed by atoms with Crippen molar-refractivity contribution in [2.24, 2.45) is 11.8 Å². The fourth-order valence-corrected chi connectivity index (χ4v) is 6.44. The van der Waals surface area contributed by atoms with Crippen LogP contribution < -0.4 is 4.90 Å². The molecule has 2 amide bonds. The molecule has 1 aromatic carbocycles. The number of hydrogen-bond acceptors (Lipinski definition) is 5. The lowest BCUT2D eigenvalue weighted by atomic mass is 9.66. The van der Waals surface area contributed by atoms with Crippen LogP contribution in [0.3, 0.4) is 0 Å². The molecule has 2 N–H and O–H groups in total. The number of carbonyl (C=O) groups excluding carboxylic acids is 2. The number of ether oxygens (including phenoxy) is 1. The second-order valence-electron chi connectivity index (χ2n) is 9.49. The average Bonchev–Trinajstić information content (AvgIpc) is 3.32. The van der Waals surface area contributed by atoms with Gasteiger partial charge in [-0.3, -0.25) is 14.4 Å². The number of aliphatic hydroxyl groups is 1. The number of halogens is 1. The number of rotatable bonds is 7. The van der Waals surface area contributed by atoms with E-state index in [4.69, 9.17) is 16.3 Å². The van der Waals surface area contributed by atoms with Gasteiger partial charge in [-0.2, -0.15) is 0 Å². The number of fused-ring (bicyclic) bond motifs is 1. The van der Waals surface area contributed by atoms with E-state index in [2.05, 4.69) is 6.58 Å². The summed E-state index contributed by atoms with van der Waals surface area (Å²) in [6.07, 6.45) is 2.37. The van der Waals surface area contributed by atoms with Gasteiger partial charge in [-0.15, -0.1) is 6.58 Å². The zero-order valence-corrected chi connectivity index (χ0v) is 19.7. The summed E-state index contributed by atoms with van der Waals surface area (Å²) < 4.78 is 6.37. The minimum absolute atomic E-state index is 0.135. The van der Waals surface area contributed by atoms with Crippen molar-refractivity contribution in [1.82, 2.24) is 4.90 Å². The quantitative estimate of drug-likeness (QED) is 0.585. The molecule has 6 atom stereocenters. The molecule has 0 aromatic heterocycles. The number of carbonyl (C=O) groups is 3. The molecule has 3 saturated heterocycles. The van der Waals surface area contributed by atoms with Crippen LogP contribution in [0.2, 0.25) is 5.02 Å². The average molecular weight is 477 g/mol. The van der Waals surface area contributed by atoms with Crippen LogP contribution in [0.4, 0.5) is 5.69 Å². The van der Waals surface area contributed by atoms with E-state index in [-0.39, 0.29) is 13.2 Å². The molecule has 1 spiro atoms. The first kappa shape index (κ1) is 23.7. The molecule has 4 rings (SSSR count). The van der Waals surface area contributed by atoms with Gasteiger partial charge >= 0.3 is 5.97 Å². The van der Waals surface area contributed by atoms with Crippen molar-refractivity contribution in [3.05, 3.63) is 41.4 Å². The molecule has 0 aliphatic carbocycles. The summed E-state index contributed by atoms with van der Waals surface area (Å²) in [6, 6.07) is 3.50. The number of aliphatic carboxylic acids is 1. The minimum atomic E-state index is -1.29. The summed E-state index contributed by atoms with van der Waals surface area (Å²) in [5.41, 5.74) is -1.06. The highest BCUT2D eigenvalue weighted by Crippen LogP contribution is 2.63. The number of hydrogen-bond donors (Lipinski definition) is 2. The predicted octanol–water partition coefficient (Wildman–Crippen LogP) is 2.40. The minimum Gasteiger partial charge on any atom is -0.481 e. The third-order valence-electron chi connectivity index (χ3n) is 7.49. The van der Waals surface area contributed by atoms with Crippen molar-refractivity contribution < 1.29 is 29.3 Å². The normalized spacial score (nSPS) is 33.2. The van der Waals surface area contributed by atoms with Gasteiger partial charge in [-0.25, -0.2) is 0 Å². The van der Waals surface area contributed by atoms with E-state index < -0.39 is 52.9 Å². The van der Waals surface area contributed by atoms with Crippen LogP contribution in [0.5, 0.6) is 0 Å².